The van der Waals surface area contributed by atoms with Gasteiger partial charge in [0.2, 0.25) is 11.8 Å². The van der Waals surface area contributed by atoms with Crippen LogP contribution in [-0.2, 0) is 9.53 Å². The Morgan fingerprint density at radius 3 is 2.53 bits per heavy atom. The number of amides is 1. The second-order valence-electron chi connectivity index (χ2n) is 11.2. The first-order valence-corrected chi connectivity index (χ1v) is 13.1. The first kappa shape index (κ1) is 27.5. The molecule has 1 saturated heterocycles. The van der Waals surface area contributed by atoms with Gasteiger partial charge in [0.05, 0.1) is 22.9 Å². The van der Waals surface area contributed by atoms with Crippen LogP contribution in [0.3, 0.4) is 0 Å². The van der Waals surface area contributed by atoms with Gasteiger partial charge in [0.15, 0.2) is 0 Å². The lowest BCUT2D eigenvalue weighted by molar-refractivity contribution is -0.138. The fourth-order valence-corrected chi connectivity index (χ4v) is 5.10. The fraction of sp³-hybridized carbons (Fsp3) is 0.433. The molecule has 1 fully saturated rings. The zero-order chi connectivity index (χ0) is 27.3. The third-order valence-corrected chi connectivity index (χ3v) is 6.43. The van der Waals surface area contributed by atoms with Crippen molar-refractivity contribution < 1.29 is 14.3 Å². The van der Waals surface area contributed by atoms with Crippen LogP contribution in [-0.4, -0.2) is 71.0 Å². The number of hydrogen-bond acceptors (Lipinski definition) is 6. The van der Waals surface area contributed by atoms with Gasteiger partial charge < -0.3 is 19.7 Å². The summed E-state index contributed by atoms with van der Waals surface area (Å²) < 4.78 is 12.2. The minimum atomic E-state index is -0.263. The van der Waals surface area contributed by atoms with Crippen LogP contribution >= 0.6 is 0 Å². The van der Waals surface area contributed by atoms with Gasteiger partial charge in [-0.2, -0.15) is 5.10 Å². The molecule has 1 amide bonds. The van der Waals surface area contributed by atoms with Gasteiger partial charge in [-0.25, -0.2) is 4.98 Å². The van der Waals surface area contributed by atoms with E-state index in [0.29, 0.717) is 25.6 Å². The van der Waals surface area contributed by atoms with E-state index in [1.165, 1.54) is 16.0 Å². The Labute approximate surface area is 225 Å². The van der Waals surface area contributed by atoms with Crippen LogP contribution in [0.15, 0.2) is 60.5 Å². The Morgan fingerprint density at radius 2 is 1.84 bits per heavy atom. The van der Waals surface area contributed by atoms with E-state index in [1.54, 1.807) is 20.2 Å². The zero-order valence-electron chi connectivity index (χ0n) is 23.3. The molecule has 0 spiro atoms. The molecule has 3 heterocycles. The van der Waals surface area contributed by atoms with Crippen molar-refractivity contribution in [3.05, 3.63) is 71.6 Å². The first-order chi connectivity index (χ1) is 18.0. The number of hydrogen-bond donors (Lipinski definition) is 2. The van der Waals surface area contributed by atoms with Gasteiger partial charge in [0, 0.05) is 56.5 Å². The Balaban J connectivity index is 1.50. The van der Waals surface area contributed by atoms with Gasteiger partial charge in [-0.05, 0) is 69.9 Å². The van der Waals surface area contributed by atoms with E-state index in [0.717, 1.165) is 34.9 Å². The smallest absolute Gasteiger partial charge is 0.245 e. The maximum absolute atomic E-state index is 11.6. The van der Waals surface area contributed by atoms with Gasteiger partial charge in [0.1, 0.15) is 6.61 Å². The summed E-state index contributed by atoms with van der Waals surface area (Å²) in [5.41, 5.74) is 5.23. The normalized spacial score (nSPS) is 16.6. The van der Waals surface area contributed by atoms with Crippen LogP contribution in [0.5, 0.6) is 5.88 Å². The second kappa shape index (κ2) is 11.5. The number of aromatic nitrogens is 3. The molecule has 0 aliphatic carbocycles. The molecule has 0 atom stereocenters. The predicted molar refractivity (Wildman–Crippen MR) is 151 cm³/mol. The monoisotopic (exact) mass is 517 g/mol. The molecule has 0 radical (unpaired) electrons. The summed E-state index contributed by atoms with van der Waals surface area (Å²) in [6.45, 7) is 10.4. The number of benzene rings is 1. The first-order valence-electron chi connectivity index (χ1n) is 13.1. The summed E-state index contributed by atoms with van der Waals surface area (Å²) >= 11 is 0. The largest absolute Gasteiger partial charge is 0.476 e. The molecule has 2 N–H and O–H groups in total. The maximum Gasteiger partial charge on any atom is 0.245 e. The van der Waals surface area contributed by atoms with Crippen molar-refractivity contribution in [1.82, 2.24) is 25.4 Å². The van der Waals surface area contributed by atoms with E-state index in [1.807, 2.05) is 24.5 Å². The van der Waals surface area contributed by atoms with Gasteiger partial charge in [-0.15, -0.1) is 0 Å². The quantitative estimate of drug-likeness (QED) is 0.315. The highest BCUT2D eigenvalue weighted by molar-refractivity contribution is 5.89. The summed E-state index contributed by atoms with van der Waals surface area (Å²) in [6, 6.07) is 10.4. The van der Waals surface area contributed by atoms with Crippen LogP contribution in [0.2, 0.25) is 0 Å². The third-order valence-electron chi connectivity index (χ3n) is 6.43. The van der Waals surface area contributed by atoms with Crippen molar-refractivity contribution in [3.8, 4) is 5.88 Å². The Hall–Kier alpha value is -3.49. The molecule has 1 aliphatic rings. The molecule has 0 unspecified atom stereocenters. The van der Waals surface area contributed by atoms with Gasteiger partial charge in [-0.1, -0.05) is 17.7 Å². The summed E-state index contributed by atoms with van der Waals surface area (Å²) in [6.07, 6.45) is 8.81. The van der Waals surface area contributed by atoms with Crippen LogP contribution in [0.4, 0.5) is 0 Å². The van der Waals surface area contributed by atoms with E-state index in [9.17, 15) is 4.79 Å². The van der Waals surface area contributed by atoms with Crippen LogP contribution < -0.4 is 10.1 Å². The Morgan fingerprint density at radius 1 is 1.11 bits per heavy atom. The molecular formula is C30H39N5O3. The second-order valence-corrected chi connectivity index (χ2v) is 11.2. The molecule has 202 valence electrons. The number of likely N-dealkylation sites (N-methyl/N-ethyl adjacent to an activating group) is 1. The molecule has 0 bridgehead atoms. The van der Waals surface area contributed by atoms with E-state index in [4.69, 9.17) is 9.47 Å². The Kier molecular flexibility index (Phi) is 8.33. The van der Waals surface area contributed by atoms with E-state index >= 15 is 0 Å². The lowest BCUT2D eigenvalue weighted by atomic mass is 9.79. The maximum atomic E-state index is 11.6. The highest BCUT2D eigenvalue weighted by atomic mass is 16.5. The van der Waals surface area contributed by atoms with Crippen molar-refractivity contribution >= 4 is 22.4 Å². The zero-order valence-corrected chi connectivity index (χ0v) is 23.3. The number of rotatable bonds is 9. The van der Waals surface area contributed by atoms with Gasteiger partial charge in [0.25, 0.3) is 0 Å². The number of nitrogens with zero attached hydrogens (tertiary/aromatic N) is 3. The summed E-state index contributed by atoms with van der Waals surface area (Å²) in [7, 11) is 3.46. The molecule has 8 heteroatoms. The molecule has 0 saturated carbocycles. The van der Waals surface area contributed by atoms with Crippen molar-refractivity contribution in [1.29, 1.82) is 0 Å². The van der Waals surface area contributed by atoms with E-state index in [-0.39, 0.29) is 17.1 Å². The van der Waals surface area contributed by atoms with Crippen molar-refractivity contribution in [2.75, 3.05) is 33.8 Å². The Bertz CT molecular complexity index is 1300. The fourth-order valence-electron chi connectivity index (χ4n) is 5.10. The summed E-state index contributed by atoms with van der Waals surface area (Å²) in [4.78, 5) is 17.7. The molecular weight excluding hydrogens is 478 g/mol. The molecule has 1 aromatic carbocycles. The summed E-state index contributed by atoms with van der Waals surface area (Å²) in [5.74, 6) is 0.551. The molecule has 1 aliphatic heterocycles. The molecule has 4 rings (SSSR count). The molecule has 38 heavy (non-hydrogen) atoms. The van der Waals surface area contributed by atoms with E-state index in [2.05, 4.69) is 72.5 Å². The number of carbonyl (C=O) groups is 1. The number of aromatic amines is 1. The topological polar surface area (TPSA) is 92.4 Å². The van der Waals surface area contributed by atoms with Crippen LogP contribution in [0, 0.1) is 0 Å². The predicted octanol–water partition coefficient (Wildman–Crippen LogP) is 4.74. The average molecular weight is 518 g/mol. The van der Waals surface area contributed by atoms with Crippen molar-refractivity contribution in [2.24, 2.45) is 0 Å². The lowest BCUT2D eigenvalue weighted by Gasteiger charge is -2.43. The van der Waals surface area contributed by atoms with Gasteiger partial charge in [-0.3, -0.25) is 9.89 Å². The van der Waals surface area contributed by atoms with Crippen LogP contribution in [0.25, 0.3) is 16.5 Å². The summed E-state index contributed by atoms with van der Waals surface area (Å²) in [5, 5.41) is 11.5. The molecule has 8 nitrogen and oxygen atoms in total. The standard InChI is InChI=1S/C30H39N5O3/c1-29(2)17-24(18-30(3,4)38-29)28(21-9-11-25-23(16-21)20-33-34-25)22-10-12-26(32-19-22)37-15-14-31-13-7-8-27(36)35(5)6/h7-12,16,19-20,31H,13-15,17-18H2,1-6H3,(H,33,34)/b8-7+. The van der Waals surface area contributed by atoms with Crippen LogP contribution in [0.1, 0.15) is 51.7 Å². The minimum Gasteiger partial charge on any atom is -0.476 e. The number of ether oxygens (including phenoxy) is 2. The number of nitrogens with one attached hydrogen (secondary N) is 2. The number of H-pyrrole nitrogens is 1. The SMILES string of the molecule is CN(C)C(=O)/C=C/CNCCOc1ccc(C(=C2CC(C)(C)OC(C)(C)C2)c2ccc3[nH]ncc3c2)cn1. The highest BCUT2D eigenvalue weighted by Gasteiger charge is 2.37. The number of pyridine rings is 1. The van der Waals surface area contributed by atoms with Crippen molar-refractivity contribution in [2.45, 2.75) is 51.7 Å². The molecule has 3 aromatic rings. The minimum absolute atomic E-state index is 0.0285. The van der Waals surface area contributed by atoms with Crippen molar-refractivity contribution in [3.63, 3.8) is 0 Å². The number of carbonyl (C=O) groups excluding carboxylic acids is 1. The lowest BCUT2D eigenvalue weighted by Crippen LogP contribution is -2.42. The average Bonchev–Trinajstić information content (AvgIpc) is 3.30. The number of fused-ring (bicyclic) bond motifs is 1. The third kappa shape index (κ3) is 7.08. The highest BCUT2D eigenvalue weighted by Crippen LogP contribution is 2.43. The molecule has 2 aromatic heterocycles. The van der Waals surface area contributed by atoms with Gasteiger partial charge >= 0.3 is 0 Å². The van der Waals surface area contributed by atoms with E-state index < -0.39 is 0 Å².